The molecule has 0 saturated carbocycles. The van der Waals surface area contributed by atoms with Crippen molar-refractivity contribution in [1.82, 2.24) is 10.6 Å². The van der Waals surface area contributed by atoms with Crippen LogP contribution < -0.4 is 44.6 Å². The predicted molar refractivity (Wildman–Crippen MR) is 186 cm³/mol. The van der Waals surface area contributed by atoms with E-state index in [2.05, 4.69) is 10.6 Å². The van der Waals surface area contributed by atoms with E-state index in [1.165, 1.54) is 33.7 Å². The number of benzene rings is 2. The molecule has 0 spiro atoms. The summed E-state index contributed by atoms with van der Waals surface area (Å²) >= 11 is 0. The third-order valence-electron chi connectivity index (χ3n) is 7.80. The minimum atomic E-state index is -1.32. The van der Waals surface area contributed by atoms with Crippen molar-refractivity contribution in [2.45, 2.75) is 58.7 Å². The van der Waals surface area contributed by atoms with Crippen LogP contribution in [0, 0.1) is 5.92 Å². The lowest BCUT2D eigenvalue weighted by molar-refractivity contribution is -0.727. The van der Waals surface area contributed by atoms with Crippen LogP contribution in [0.15, 0.2) is 110 Å². The molecule has 2 heterocycles. The average Bonchev–Trinajstić information content (AvgIpc) is 3.15. The first-order chi connectivity index (χ1) is 25.1. The fourth-order valence-electron chi connectivity index (χ4n) is 5.23. The van der Waals surface area contributed by atoms with Gasteiger partial charge in [-0.2, -0.15) is 9.13 Å². The minimum absolute atomic E-state index is 0. The second-order valence-corrected chi connectivity index (χ2v) is 12.3. The highest BCUT2D eigenvalue weighted by Crippen LogP contribution is 2.12. The Morgan fingerprint density at radius 3 is 1.83 bits per heavy atom. The number of pyridine rings is 2. The topological polar surface area (TPSA) is 154 Å². The predicted octanol–water partition coefficient (Wildman–Crippen LogP) is -2.52. The number of carbonyl (C=O) groups is 5. The second kappa shape index (κ2) is 23.2. The molecule has 2 aromatic heterocycles. The Labute approximate surface area is 326 Å². The Kier molecular flexibility index (Phi) is 19.2. The van der Waals surface area contributed by atoms with Crippen LogP contribution >= 0.6 is 0 Å². The number of hydrogen-bond acceptors (Lipinski definition) is 9. The van der Waals surface area contributed by atoms with Gasteiger partial charge in [-0.15, -0.1) is 0 Å². The van der Waals surface area contributed by atoms with E-state index in [0.29, 0.717) is 6.42 Å². The highest BCUT2D eigenvalue weighted by molar-refractivity contribution is 5.96. The molecule has 288 valence electrons. The smallest absolute Gasteiger partial charge is 0.412 e. The monoisotopic (exact) mass is 782 g/mol. The highest BCUT2D eigenvalue weighted by Gasteiger charge is 2.26. The van der Waals surface area contributed by atoms with Gasteiger partial charge >= 0.3 is 24.0 Å². The molecule has 0 unspecified atom stereocenters. The number of amides is 2. The molecule has 2 aromatic carbocycles. The molecule has 0 aliphatic carbocycles. The minimum Gasteiger partial charge on any atom is -1.00 e. The van der Waals surface area contributed by atoms with E-state index in [-0.39, 0.29) is 73.8 Å². The van der Waals surface area contributed by atoms with Gasteiger partial charge in [-0.3, -0.25) is 9.59 Å². The van der Waals surface area contributed by atoms with E-state index in [1.54, 1.807) is 24.5 Å². The summed E-state index contributed by atoms with van der Waals surface area (Å²) in [5.41, 5.74) is 2.50. The number of nitrogens with one attached hydrogen (secondary N) is 2. The number of rotatable bonds is 17. The van der Waals surface area contributed by atoms with Crippen LogP contribution in [0.1, 0.15) is 52.1 Å². The summed E-state index contributed by atoms with van der Waals surface area (Å²) in [6.45, 7) is 3.04. The van der Waals surface area contributed by atoms with E-state index >= 15 is 0 Å². The van der Waals surface area contributed by atoms with Gasteiger partial charge in [-0.25, -0.2) is 14.4 Å². The summed E-state index contributed by atoms with van der Waals surface area (Å²) in [4.78, 5) is 63.3. The van der Waals surface area contributed by atoms with Gasteiger partial charge in [-0.05, 0) is 48.9 Å². The summed E-state index contributed by atoms with van der Waals surface area (Å²) < 4.78 is 23.9. The molecule has 0 fully saturated rings. The lowest BCUT2D eigenvalue weighted by Crippen LogP contribution is -3.00. The van der Waals surface area contributed by atoms with Crippen LogP contribution in [0.3, 0.4) is 0 Å². The number of ether oxygens (including phenoxy) is 4. The normalized spacial score (nSPS) is 11.9. The van der Waals surface area contributed by atoms with E-state index in [4.69, 9.17) is 18.9 Å². The quantitative estimate of drug-likeness (QED) is 0.0672. The number of esters is 3. The van der Waals surface area contributed by atoms with Crippen LogP contribution in [0.2, 0.25) is 0 Å². The maximum Gasteiger partial charge on any atom is 0.412 e. The number of carbonyl (C=O) groups excluding carboxylic acids is 5. The Balaban J connectivity index is 0.00000504. The average molecular weight is 784 g/mol. The summed E-state index contributed by atoms with van der Waals surface area (Å²) in [7, 11) is 1.15. The second-order valence-electron chi connectivity index (χ2n) is 12.3. The molecule has 0 saturated heterocycles. The summed E-state index contributed by atoms with van der Waals surface area (Å²) in [6.07, 6.45) is 7.12. The van der Waals surface area contributed by atoms with Crippen LogP contribution in [-0.2, 0) is 54.8 Å². The maximum absolute atomic E-state index is 13.1. The van der Waals surface area contributed by atoms with Gasteiger partial charge in [0.1, 0.15) is 17.7 Å². The van der Waals surface area contributed by atoms with Crippen LogP contribution in [0.5, 0.6) is 0 Å². The summed E-state index contributed by atoms with van der Waals surface area (Å²) in [5, 5.41) is 5.30. The Hall–Kier alpha value is -5.53. The molecule has 15 heteroatoms. The number of alkyl carbamates (subject to hydrolysis) is 1. The van der Waals surface area contributed by atoms with Gasteiger partial charge in [0, 0.05) is 24.6 Å². The SMILES string of the molecule is COC(=O)[C@H](COC(=O)c1ccc[n+](COC(=O)N[C@@H](C)Cc2ccccc2)c1)NC(=O)c1ccc[n+](COC(=O)C[C@@H](C)Cc2ccccc2)c1.[Cl-].[Cl-]. The number of aromatic nitrogens is 2. The molecule has 0 aliphatic heterocycles. The molecule has 0 radical (unpaired) electrons. The lowest BCUT2D eigenvalue weighted by Gasteiger charge is -2.16. The first-order valence-electron chi connectivity index (χ1n) is 16.8. The van der Waals surface area contributed by atoms with Gasteiger partial charge in [0.25, 0.3) is 19.4 Å². The van der Waals surface area contributed by atoms with Crippen molar-refractivity contribution in [2.24, 2.45) is 5.92 Å². The van der Waals surface area contributed by atoms with E-state index in [1.807, 2.05) is 74.5 Å². The maximum atomic E-state index is 13.1. The van der Waals surface area contributed by atoms with Crippen molar-refractivity contribution in [3.05, 3.63) is 132 Å². The van der Waals surface area contributed by atoms with Gasteiger partial charge in [0.2, 0.25) is 0 Å². The van der Waals surface area contributed by atoms with Gasteiger partial charge in [0.15, 0.2) is 30.8 Å². The zero-order valence-corrected chi connectivity index (χ0v) is 31.7. The van der Waals surface area contributed by atoms with Crippen molar-refractivity contribution in [1.29, 1.82) is 0 Å². The number of halogens is 2. The number of hydrogen-bond donors (Lipinski definition) is 2. The number of nitrogens with zero attached hydrogens (tertiary/aromatic N) is 2. The van der Waals surface area contributed by atoms with E-state index in [9.17, 15) is 24.0 Å². The Morgan fingerprint density at radius 1 is 0.667 bits per heavy atom. The van der Waals surface area contributed by atoms with E-state index < -0.39 is 36.6 Å². The summed E-state index contributed by atoms with van der Waals surface area (Å²) in [6, 6.07) is 24.3. The van der Waals surface area contributed by atoms with Crippen LogP contribution in [0.4, 0.5) is 4.79 Å². The first-order valence-corrected chi connectivity index (χ1v) is 16.8. The molecule has 13 nitrogen and oxygen atoms in total. The van der Waals surface area contributed by atoms with Crippen molar-refractivity contribution < 1.29 is 76.9 Å². The highest BCUT2D eigenvalue weighted by atomic mass is 35.5. The largest absolute Gasteiger partial charge is 1.00 e. The first kappa shape index (κ1) is 44.6. The molecule has 2 N–H and O–H groups in total. The van der Waals surface area contributed by atoms with Crippen LogP contribution in [0.25, 0.3) is 0 Å². The third-order valence-corrected chi connectivity index (χ3v) is 7.80. The van der Waals surface area contributed by atoms with Gasteiger partial charge in [0.05, 0.1) is 7.11 Å². The Bertz CT molecular complexity index is 1820. The molecule has 3 atom stereocenters. The number of methoxy groups -OCH3 is 1. The van der Waals surface area contributed by atoms with Crippen LogP contribution in [-0.4, -0.2) is 55.7 Å². The standard InChI is InChI=1S/C39H42N4O9.2ClH/c1-28(20-30-12-6-4-7-13-30)21-35(44)51-26-42-18-10-16-32(23-42)36(45)41-34(38(47)49-3)25-50-37(46)33-17-11-19-43(24-33)27-52-39(48)40-29(2)22-31-14-8-5-9-15-31;;/h4-19,23-24,28-29,34H,20-22,25-27H2,1-3H3;2*1H/t28-,29-,34-;;/m0../s1. The lowest BCUT2D eigenvalue weighted by atomic mass is 9.98. The molecule has 0 aliphatic rings. The van der Waals surface area contributed by atoms with E-state index in [0.717, 1.165) is 24.7 Å². The third kappa shape index (κ3) is 15.2. The van der Waals surface area contributed by atoms with Crippen molar-refractivity contribution in [2.75, 3.05) is 13.7 Å². The molecule has 4 rings (SSSR count). The fourth-order valence-corrected chi connectivity index (χ4v) is 5.23. The van der Waals surface area contributed by atoms with Crippen molar-refractivity contribution in [3.8, 4) is 0 Å². The fraction of sp³-hybridized carbons (Fsp3) is 0.308. The zero-order valence-electron chi connectivity index (χ0n) is 30.2. The molecular weight excluding hydrogens is 739 g/mol. The van der Waals surface area contributed by atoms with Gasteiger partial charge < -0.3 is 54.4 Å². The zero-order chi connectivity index (χ0) is 37.3. The van der Waals surface area contributed by atoms with Gasteiger partial charge in [-0.1, -0.05) is 67.6 Å². The molecular formula is C39H44Cl2N4O9. The molecule has 4 aromatic rings. The summed E-state index contributed by atoms with van der Waals surface area (Å²) in [5.74, 6) is -2.54. The molecule has 2 amide bonds. The van der Waals surface area contributed by atoms with Crippen molar-refractivity contribution >= 4 is 29.9 Å². The Morgan fingerprint density at radius 2 is 1.22 bits per heavy atom. The molecule has 54 heavy (non-hydrogen) atoms. The molecule has 0 bridgehead atoms. The van der Waals surface area contributed by atoms with Crippen molar-refractivity contribution in [3.63, 3.8) is 0 Å².